The minimum absolute atomic E-state index is 0.146. The number of nitrogens with one attached hydrogen (secondary N) is 1. The lowest BCUT2D eigenvalue weighted by Gasteiger charge is -2.11. The molecule has 1 aromatic carbocycles. The second-order valence-corrected chi connectivity index (χ2v) is 3.89. The number of ether oxygens (including phenoxy) is 1. The van der Waals surface area contributed by atoms with Gasteiger partial charge in [-0.15, -0.1) is 0 Å². The first kappa shape index (κ1) is 11.3. The van der Waals surface area contributed by atoms with Gasteiger partial charge in [-0.1, -0.05) is 12.1 Å². The Kier molecular flexibility index (Phi) is 2.91. The number of aromatic nitrogens is 2. The van der Waals surface area contributed by atoms with Crippen molar-refractivity contribution < 1.29 is 4.74 Å². The predicted molar refractivity (Wildman–Crippen MR) is 66.3 cm³/mol. The molecule has 0 aliphatic rings. The zero-order chi connectivity index (χ0) is 12.4. The van der Waals surface area contributed by atoms with Gasteiger partial charge in [0.15, 0.2) is 0 Å². The molecule has 0 saturated carbocycles. The fourth-order valence-corrected chi connectivity index (χ4v) is 1.80. The van der Waals surface area contributed by atoms with Gasteiger partial charge in [-0.2, -0.15) is 0 Å². The largest absolute Gasteiger partial charge is 0.496 e. The second-order valence-electron chi connectivity index (χ2n) is 3.89. The molecule has 0 bridgehead atoms. The van der Waals surface area contributed by atoms with Crippen molar-refractivity contribution in [3.05, 3.63) is 45.7 Å². The maximum absolute atomic E-state index is 11.6. The zero-order valence-electron chi connectivity index (χ0n) is 9.86. The average Bonchev–Trinajstić information content (AvgIpc) is 2.60. The van der Waals surface area contributed by atoms with E-state index in [1.165, 1.54) is 10.7 Å². The minimum atomic E-state index is -0.146. The number of nitrogen functional groups attached to an aromatic ring is 1. The fourth-order valence-electron chi connectivity index (χ4n) is 1.80. The first-order chi connectivity index (χ1) is 8.11. The number of hydrogen-bond donors (Lipinski definition) is 2. The molecule has 0 unspecified atom stereocenters. The molecule has 0 spiro atoms. The van der Waals surface area contributed by atoms with Gasteiger partial charge in [0, 0.05) is 11.6 Å². The molecule has 1 heterocycles. The summed E-state index contributed by atoms with van der Waals surface area (Å²) in [6, 6.07) is 7.14. The summed E-state index contributed by atoms with van der Waals surface area (Å²) in [5.74, 6) is 1.13. The van der Waals surface area contributed by atoms with Gasteiger partial charge in [-0.3, -0.25) is 9.89 Å². The molecule has 0 aliphatic carbocycles. The molecule has 90 valence electrons. The minimum Gasteiger partial charge on any atom is -0.496 e. The Labute approximate surface area is 98.8 Å². The Bertz CT molecular complexity index is 584. The molecule has 0 fully saturated rings. The quantitative estimate of drug-likeness (QED) is 0.834. The van der Waals surface area contributed by atoms with Gasteiger partial charge >= 0.3 is 0 Å². The topological polar surface area (TPSA) is 73.0 Å². The van der Waals surface area contributed by atoms with Crippen molar-refractivity contribution in [3.63, 3.8) is 0 Å². The lowest BCUT2D eigenvalue weighted by molar-refractivity contribution is 0.406. The third kappa shape index (κ3) is 2.18. The third-order valence-electron chi connectivity index (χ3n) is 2.71. The van der Waals surface area contributed by atoms with Crippen LogP contribution in [0.2, 0.25) is 0 Å². The standard InChI is InChI=1S/C12H15N3O2/c1-8-4-3-5-10(17-2)9(8)7-15-12(16)6-11(13)14-15/h3-6,14H,7,13H2,1-2H3. The van der Waals surface area contributed by atoms with Gasteiger partial charge in [-0.05, 0) is 18.6 Å². The summed E-state index contributed by atoms with van der Waals surface area (Å²) in [7, 11) is 1.62. The summed E-state index contributed by atoms with van der Waals surface area (Å²) in [6.45, 7) is 2.40. The van der Waals surface area contributed by atoms with Crippen LogP contribution in [0.3, 0.4) is 0 Å². The number of aryl methyl sites for hydroxylation is 1. The van der Waals surface area contributed by atoms with Crippen LogP contribution in [-0.2, 0) is 6.54 Å². The van der Waals surface area contributed by atoms with E-state index in [1.54, 1.807) is 7.11 Å². The summed E-state index contributed by atoms with van der Waals surface area (Å²) in [5, 5.41) is 2.80. The van der Waals surface area contributed by atoms with Crippen LogP contribution in [0, 0.1) is 6.92 Å². The van der Waals surface area contributed by atoms with Crippen molar-refractivity contribution in [2.24, 2.45) is 0 Å². The number of nitrogens with zero attached hydrogens (tertiary/aromatic N) is 1. The Hall–Kier alpha value is -2.17. The molecule has 2 aromatic rings. The maximum Gasteiger partial charge on any atom is 0.268 e. The monoisotopic (exact) mass is 233 g/mol. The first-order valence-corrected chi connectivity index (χ1v) is 5.29. The van der Waals surface area contributed by atoms with Crippen molar-refractivity contribution in [3.8, 4) is 5.75 Å². The smallest absolute Gasteiger partial charge is 0.268 e. The molecular formula is C12H15N3O2. The van der Waals surface area contributed by atoms with Gasteiger partial charge in [0.25, 0.3) is 5.56 Å². The van der Waals surface area contributed by atoms with Crippen molar-refractivity contribution in [1.29, 1.82) is 0 Å². The van der Waals surface area contributed by atoms with Crippen molar-refractivity contribution in [2.45, 2.75) is 13.5 Å². The van der Waals surface area contributed by atoms with Crippen LogP contribution >= 0.6 is 0 Å². The van der Waals surface area contributed by atoms with E-state index >= 15 is 0 Å². The van der Waals surface area contributed by atoms with Gasteiger partial charge in [-0.25, -0.2) is 4.68 Å². The normalized spacial score (nSPS) is 10.5. The van der Waals surface area contributed by atoms with E-state index in [0.29, 0.717) is 12.4 Å². The Morgan fingerprint density at radius 1 is 1.47 bits per heavy atom. The SMILES string of the molecule is COc1cccc(C)c1Cn1[nH]c(N)cc1=O. The highest BCUT2D eigenvalue weighted by molar-refractivity contribution is 5.39. The molecular weight excluding hydrogens is 218 g/mol. The zero-order valence-corrected chi connectivity index (χ0v) is 9.86. The Balaban J connectivity index is 2.42. The van der Waals surface area contributed by atoms with Crippen LogP contribution in [0.25, 0.3) is 0 Å². The molecule has 5 heteroatoms. The number of methoxy groups -OCH3 is 1. The van der Waals surface area contributed by atoms with Crippen molar-refractivity contribution in [2.75, 3.05) is 12.8 Å². The van der Waals surface area contributed by atoms with Crippen LogP contribution < -0.4 is 16.0 Å². The highest BCUT2D eigenvalue weighted by Gasteiger charge is 2.08. The van der Waals surface area contributed by atoms with Crippen LogP contribution in [0.1, 0.15) is 11.1 Å². The molecule has 0 radical (unpaired) electrons. The maximum atomic E-state index is 11.6. The number of aromatic amines is 1. The third-order valence-corrected chi connectivity index (χ3v) is 2.71. The number of hydrogen-bond acceptors (Lipinski definition) is 3. The molecule has 1 aromatic heterocycles. The summed E-state index contributed by atoms with van der Waals surface area (Å²) in [6.07, 6.45) is 0. The van der Waals surface area contributed by atoms with Gasteiger partial charge in [0.1, 0.15) is 11.6 Å². The lowest BCUT2D eigenvalue weighted by Crippen LogP contribution is -2.17. The van der Waals surface area contributed by atoms with E-state index in [2.05, 4.69) is 5.10 Å². The number of benzene rings is 1. The van der Waals surface area contributed by atoms with Gasteiger partial charge in [0.05, 0.1) is 13.7 Å². The predicted octanol–water partition coefficient (Wildman–Crippen LogP) is 1.12. The van der Waals surface area contributed by atoms with Crippen molar-refractivity contribution in [1.82, 2.24) is 9.78 Å². The van der Waals surface area contributed by atoms with Crippen LogP contribution in [0.4, 0.5) is 5.82 Å². The average molecular weight is 233 g/mol. The van der Waals surface area contributed by atoms with Crippen LogP contribution in [-0.4, -0.2) is 16.9 Å². The van der Waals surface area contributed by atoms with Crippen molar-refractivity contribution >= 4 is 5.82 Å². The number of rotatable bonds is 3. The van der Waals surface area contributed by atoms with E-state index in [0.717, 1.165) is 16.9 Å². The molecule has 17 heavy (non-hydrogen) atoms. The Morgan fingerprint density at radius 2 is 2.24 bits per heavy atom. The number of H-pyrrole nitrogens is 1. The lowest BCUT2D eigenvalue weighted by atomic mass is 10.1. The first-order valence-electron chi connectivity index (χ1n) is 5.29. The second kappa shape index (κ2) is 4.37. The van der Waals surface area contributed by atoms with E-state index in [4.69, 9.17) is 10.5 Å². The van der Waals surface area contributed by atoms with Crippen LogP contribution in [0.5, 0.6) is 5.75 Å². The highest BCUT2D eigenvalue weighted by atomic mass is 16.5. The summed E-state index contributed by atoms with van der Waals surface area (Å²) in [5.41, 5.74) is 7.43. The van der Waals surface area contributed by atoms with Gasteiger partial charge in [0.2, 0.25) is 0 Å². The number of anilines is 1. The molecule has 0 saturated heterocycles. The molecule has 0 amide bonds. The van der Waals surface area contributed by atoms with E-state index in [1.807, 2.05) is 25.1 Å². The van der Waals surface area contributed by atoms with E-state index in [-0.39, 0.29) is 5.56 Å². The Morgan fingerprint density at radius 3 is 2.82 bits per heavy atom. The summed E-state index contributed by atoms with van der Waals surface area (Å²) >= 11 is 0. The highest BCUT2D eigenvalue weighted by Crippen LogP contribution is 2.22. The molecule has 5 nitrogen and oxygen atoms in total. The molecule has 2 rings (SSSR count). The van der Waals surface area contributed by atoms with Gasteiger partial charge < -0.3 is 10.5 Å². The molecule has 0 aliphatic heterocycles. The van der Waals surface area contributed by atoms with E-state index in [9.17, 15) is 4.79 Å². The van der Waals surface area contributed by atoms with E-state index < -0.39 is 0 Å². The fraction of sp³-hybridized carbons (Fsp3) is 0.250. The summed E-state index contributed by atoms with van der Waals surface area (Å²) in [4.78, 5) is 11.6. The molecule has 3 N–H and O–H groups in total. The number of nitrogens with two attached hydrogens (primary N) is 1. The van der Waals surface area contributed by atoms with Crippen LogP contribution in [0.15, 0.2) is 29.1 Å². The summed E-state index contributed by atoms with van der Waals surface area (Å²) < 4.78 is 6.74. The molecule has 0 atom stereocenters.